The third kappa shape index (κ3) is 8.81. The van der Waals surface area contributed by atoms with Crippen molar-refractivity contribution in [3.8, 4) is 0 Å². The molecule has 6 rings (SSSR count). The zero-order valence-electron chi connectivity index (χ0n) is 26.6. The summed E-state index contributed by atoms with van der Waals surface area (Å²) in [5.74, 6) is 1.23. The molecule has 0 bridgehead atoms. The first-order valence-corrected chi connectivity index (χ1v) is 18.3. The van der Waals surface area contributed by atoms with Gasteiger partial charge in [-0.05, 0) is 102 Å². The maximum absolute atomic E-state index is 13.3. The molecule has 2 fully saturated rings. The van der Waals surface area contributed by atoms with Crippen LogP contribution in [0.5, 0.6) is 0 Å². The second kappa shape index (κ2) is 16.0. The smallest absolute Gasteiger partial charge is 0.313 e. The Morgan fingerprint density at radius 2 is 1.67 bits per heavy atom. The fraction of sp³-hybridized carbons (Fsp3) is 0.410. The lowest BCUT2D eigenvalue weighted by Gasteiger charge is -2.36. The molecule has 46 heavy (non-hydrogen) atoms. The lowest BCUT2D eigenvalue weighted by Crippen LogP contribution is -2.39. The quantitative estimate of drug-likeness (QED) is 0.140. The molecule has 1 aromatic heterocycles. The molecule has 2 aliphatic rings. The zero-order valence-corrected chi connectivity index (χ0v) is 28.9. The highest BCUT2D eigenvalue weighted by atomic mass is 35.5. The zero-order chi connectivity index (χ0) is 31.9. The van der Waals surface area contributed by atoms with Crippen LogP contribution >= 0.6 is 34.5 Å². The van der Waals surface area contributed by atoms with Gasteiger partial charge in [0.1, 0.15) is 6.10 Å². The highest BCUT2D eigenvalue weighted by Gasteiger charge is 2.36. The summed E-state index contributed by atoms with van der Waals surface area (Å²) in [4.78, 5) is 18.5. The first kappa shape index (κ1) is 33.2. The number of carbonyl (C=O) groups excluding carboxylic acids is 1. The van der Waals surface area contributed by atoms with E-state index in [1.165, 1.54) is 11.1 Å². The maximum atomic E-state index is 13.3. The number of piperidine rings is 1. The summed E-state index contributed by atoms with van der Waals surface area (Å²) in [6.45, 7) is 8.20. The molecule has 0 spiro atoms. The fourth-order valence-electron chi connectivity index (χ4n) is 7.33. The summed E-state index contributed by atoms with van der Waals surface area (Å²) in [6, 6.07) is 28.6. The van der Waals surface area contributed by atoms with E-state index in [0.717, 1.165) is 81.1 Å². The maximum Gasteiger partial charge on any atom is 0.313 e. The summed E-state index contributed by atoms with van der Waals surface area (Å²) in [5.41, 5.74) is 4.82. The van der Waals surface area contributed by atoms with Crippen molar-refractivity contribution >= 4 is 40.5 Å². The number of esters is 1. The number of halogens is 2. The third-order valence-corrected chi connectivity index (χ3v) is 11.2. The number of benzene rings is 3. The van der Waals surface area contributed by atoms with Gasteiger partial charge < -0.3 is 9.64 Å². The highest BCUT2D eigenvalue weighted by molar-refractivity contribution is 7.08. The SMILES string of the molecule is CC(C(=O)OC(Cc1ccccc1)CC1CCN(CC2CN(Cc3ccc(Cl)cc3Cl)CC2c2ccsc2)CC1)c1ccccc1. The van der Waals surface area contributed by atoms with Crippen LogP contribution in [-0.2, 0) is 22.5 Å². The van der Waals surface area contributed by atoms with Crippen LogP contribution in [0.4, 0.5) is 0 Å². The van der Waals surface area contributed by atoms with Crippen LogP contribution in [0, 0.1) is 11.8 Å². The number of likely N-dealkylation sites (tertiary alicyclic amines) is 2. The molecule has 4 unspecified atom stereocenters. The van der Waals surface area contributed by atoms with E-state index in [-0.39, 0.29) is 18.0 Å². The summed E-state index contributed by atoms with van der Waals surface area (Å²) in [7, 11) is 0. The molecule has 0 saturated carbocycles. The van der Waals surface area contributed by atoms with E-state index >= 15 is 0 Å². The van der Waals surface area contributed by atoms with E-state index in [0.29, 0.717) is 22.8 Å². The predicted octanol–water partition coefficient (Wildman–Crippen LogP) is 9.33. The Labute approximate surface area is 288 Å². The molecule has 4 nitrogen and oxygen atoms in total. The standard InChI is InChI=1S/C39H44Cl2N2O2S/c1-28(31-10-6-3-7-11-31)39(44)45-36(20-29-8-4-2-5-9-29)21-30-14-17-42(18-15-30)24-34-25-43(26-37(34)33-16-19-46-27-33)23-32-12-13-35(40)22-38(32)41/h2-13,16,19,22,27-28,30,34,36-37H,14-15,17-18,20-21,23-26H2,1H3. The molecule has 0 amide bonds. The van der Waals surface area contributed by atoms with Crippen LogP contribution < -0.4 is 0 Å². The molecule has 2 saturated heterocycles. The van der Waals surface area contributed by atoms with Crippen molar-refractivity contribution in [2.45, 2.75) is 57.1 Å². The number of nitrogens with zero attached hydrogens (tertiary/aromatic N) is 2. The number of thiophene rings is 1. The predicted molar refractivity (Wildman–Crippen MR) is 191 cm³/mol. The van der Waals surface area contributed by atoms with Gasteiger partial charge in [0, 0.05) is 48.6 Å². The summed E-state index contributed by atoms with van der Waals surface area (Å²) in [5, 5.41) is 5.96. The number of carbonyl (C=O) groups is 1. The minimum absolute atomic E-state index is 0.122. The van der Waals surface area contributed by atoms with E-state index in [4.69, 9.17) is 27.9 Å². The first-order valence-electron chi connectivity index (χ1n) is 16.6. The van der Waals surface area contributed by atoms with Gasteiger partial charge in [0.2, 0.25) is 0 Å². The van der Waals surface area contributed by atoms with Crippen LogP contribution in [0.2, 0.25) is 10.0 Å². The first-order chi connectivity index (χ1) is 22.4. The molecular weight excluding hydrogens is 631 g/mol. The van der Waals surface area contributed by atoms with Crippen molar-refractivity contribution < 1.29 is 9.53 Å². The lowest BCUT2D eigenvalue weighted by atomic mass is 9.87. The Hall–Kier alpha value is -2.67. The van der Waals surface area contributed by atoms with E-state index in [1.807, 2.05) is 55.5 Å². The monoisotopic (exact) mass is 674 g/mol. The molecule has 242 valence electrons. The Bertz CT molecular complexity index is 1530. The van der Waals surface area contributed by atoms with Crippen molar-refractivity contribution in [3.05, 3.63) is 128 Å². The van der Waals surface area contributed by atoms with Gasteiger partial charge >= 0.3 is 5.97 Å². The van der Waals surface area contributed by atoms with Crippen molar-refractivity contribution in [1.82, 2.24) is 9.80 Å². The highest BCUT2D eigenvalue weighted by Crippen LogP contribution is 2.37. The van der Waals surface area contributed by atoms with Gasteiger partial charge in [-0.3, -0.25) is 9.69 Å². The van der Waals surface area contributed by atoms with E-state index < -0.39 is 0 Å². The molecule has 0 aliphatic carbocycles. The van der Waals surface area contributed by atoms with Gasteiger partial charge in [0.25, 0.3) is 0 Å². The largest absolute Gasteiger partial charge is 0.462 e. The van der Waals surface area contributed by atoms with E-state index in [2.05, 4.69) is 57.0 Å². The summed E-state index contributed by atoms with van der Waals surface area (Å²) in [6.07, 6.45) is 3.82. The molecular formula is C39H44Cl2N2O2S. The average Bonchev–Trinajstić information content (AvgIpc) is 3.74. The normalized spacial score (nSPS) is 20.8. The second-order valence-corrected chi connectivity index (χ2v) is 14.8. The van der Waals surface area contributed by atoms with Crippen LogP contribution in [0.15, 0.2) is 95.7 Å². The van der Waals surface area contributed by atoms with E-state index in [9.17, 15) is 4.79 Å². The third-order valence-electron chi connectivity index (χ3n) is 9.94. The number of hydrogen-bond acceptors (Lipinski definition) is 5. The van der Waals surface area contributed by atoms with Crippen molar-refractivity contribution in [1.29, 1.82) is 0 Å². The summed E-state index contributed by atoms with van der Waals surface area (Å²) < 4.78 is 6.26. The van der Waals surface area contributed by atoms with Gasteiger partial charge in [-0.15, -0.1) is 0 Å². The van der Waals surface area contributed by atoms with Gasteiger partial charge in [-0.2, -0.15) is 11.3 Å². The Morgan fingerprint density at radius 1 is 0.935 bits per heavy atom. The van der Waals surface area contributed by atoms with Crippen LogP contribution in [0.1, 0.15) is 60.3 Å². The second-order valence-electron chi connectivity index (χ2n) is 13.2. The van der Waals surface area contributed by atoms with Crippen molar-refractivity contribution in [2.75, 3.05) is 32.7 Å². The average molecular weight is 676 g/mol. The van der Waals surface area contributed by atoms with Crippen LogP contribution in [0.25, 0.3) is 0 Å². The molecule has 2 aliphatic heterocycles. The topological polar surface area (TPSA) is 32.8 Å². The van der Waals surface area contributed by atoms with Gasteiger partial charge in [-0.1, -0.05) is 89.9 Å². The molecule has 3 aromatic carbocycles. The van der Waals surface area contributed by atoms with Gasteiger partial charge in [0.05, 0.1) is 5.92 Å². The minimum Gasteiger partial charge on any atom is -0.462 e. The number of ether oxygens (including phenoxy) is 1. The molecule has 0 N–H and O–H groups in total. The molecule has 7 heteroatoms. The Balaban J connectivity index is 1.06. The minimum atomic E-state index is -0.279. The lowest BCUT2D eigenvalue weighted by molar-refractivity contribution is -0.151. The Kier molecular flexibility index (Phi) is 11.5. The molecule has 0 radical (unpaired) electrons. The van der Waals surface area contributed by atoms with Gasteiger partial charge in [-0.25, -0.2) is 0 Å². The Morgan fingerprint density at radius 3 is 2.37 bits per heavy atom. The molecule has 3 heterocycles. The van der Waals surface area contributed by atoms with Crippen LogP contribution in [-0.4, -0.2) is 54.6 Å². The van der Waals surface area contributed by atoms with Gasteiger partial charge in [0.15, 0.2) is 0 Å². The molecule has 4 aromatic rings. The van der Waals surface area contributed by atoms with E-state index in [1.54, 1.807) is 11.3 Å². The number of rotatable bonds is 12. The number of hydrogen-bond donors (Lipinski definition) is 0. The fourth-order valence-corrected chi connectivity index (χ4v) is 8.52. The van der Waals surface area contributed by atoms with Crippen LogP contribution in [0.3, 0.4) is 0 Å². The molecule has 4 atom stereocenters. The summed E-state index contributed by atoms with van der Waals surface area (Å²) >= 11 is 14.5. The van der Waals surface area contributed by atoms with Crippen molar-refractivity contribution in [3.63, 3.8) is 0 Å². The van der Waals surface area contributed by atoms with Crippen molar-refractivity contribution in [2.24, 2.45) is 11.8 Å².